The van der Waals surface area contributed by atoms with E-state index in [1.54, 1.807) is 0 Å². The van der Waals surface area contributed by atoms with Gasteiger partial charge in [-0.2, -0.15) is 0 Å². The smallest absolute Gasteiger partial charge is 0.243 e. The number of benzene rings is 1. The summed E-state index contributed by atoms with van der Waals surface area (Å²) in [7, 11) is 0. The quantitative estimate of drug-likeness (QED) is 0.904. The van der Waals surface area contributed by atoms with Crippen LogP contribution in [0.2, 0.25) is 0 Å². The van der Waals surface area contributed by atoms with E-state index in [4.69, 9.17) is 9.47 Å². The van der Waals surface area contributed by atoms with Crippen molar-refractivity contribution in [2.75, 3.05) is 18.7 Å². The maximum atomic E-state index is 12.2. The molecule has 7 heteroatoms. The largest absolute Gasteiger partial charge is 0.454 e. The van der Waals surface area contributed by atoms with Gasteiger partial charge in [0, 0.05) is 10.9 Å². The first kappa shape index (κ1) is 14.5. The van der Waals surface area contributed by atoms with Crippen LogP contribution in [-0.2, 0) is 4.79 Å². The van der Waals surface area contributed by atoms with Crippen molar-refractivity contribution >= 4 is 22.4 Å². The van der Waals surface area contributed by atoms with E-state index in [2.05, 4.69) is 15.6 Å². The van der Waals surface area contributed by atoms with Crippen molar-refractivity contribution in [2.45, 2.75) is 25.3 Å². The molecule has 120 valence electrons. The molecule has 0 radical (unpaired) electrons. The Morgan fingerprint density at radius 2 is 2.22 bits per heavy atom. The average Bonchev–Trinajstić information content (AvgIpc) is 3.23. The summed E-state index contributed by atoms with van der Waals surface area (Å²) in [5.74, 6) is 1.48. The number of amides is 1. The van der Waals surface area contributed by atoms with Crippen LogP contribution in [0.3, 0.4) is 0 Å². The fraction of sp³-hybridized carbons (Fsp3) is 0.375. The molecule has 2 aliphatic heterocycles. The number of ether oxygens (including phenoxy) is 2. The Kier molecular flexibility index (Phi) is 3.88. The molecule has 0 saturated carbocycles. The fourth-order valence-electron chi connectivity index (χ4n) is 2.79. The Balaban J connectivity index is 1.47. The molecule has 1 aromatic heterocycles. The third-order valence-electron chi connectivity index (χ3n) is 4.03. The predicted octanol–water partition coefficient (Wildman–Crippen LogP) is 2.62. The van der Waals surface area contributed by atoms with Crippen molar-refractivity contribution in [3.8, 4) is 22.8 Å². The van der Waals surface area contributed by atoms with E-state index in [-0.39, 0.29) is 18.7 Å². The second-order valence-corrected chi connectivity index (χ2v) is 6.46. The van der Waals surface area contributed by atoms with E-state index in [0.29, 0.717) is 5.13 Å². The third-order valence-corrected chi connectivity index (χ3v) is 4.79. The number of nitrogens with one attached hydrogen (secondary N) is 2. The molecule has 0 bridgehead atoms. The van der Waals surface area contributed by atoms with Gasteiger partial charge >= 0.3 is 0 Å². The number of carbonyl (C=O) groups is 1. The van der Waals surface area contributed by atoms with Crippen LogP contribution in [-0.4, -0.2) is 30.3 Å². The van der Waals surface area contributed by atoms with Crippen molar-refractivity contribution in [3.05, 3.63) is 23.6 Å². The number of carbonyl (C=O) groups excluding carboxylic acids is 1. The topological polar surface area (TPSA) is 72.5 Å². The molecular formula is C16H17N3O3S. The summed E-state index contributed by atoms with van der Waals surface area (Å²) in [6.45, 7) is 1.16. The predicted molar refractivity (Wildman–Crippen MR) is 87.9 cm³/mol. The van der Waals surface area contributed by atoms with Gasteiger partial charge in [-0.3, -0.25) is 4.79 Å². The van der Waals surface area contributed by atoms with Gasteiger partial charge in [0.2, 0.25) is 12.7 Å². The van der Waals surface area contributed by atoms with E-state index in [0.717, 1.165) is 48.6 Å². The molecule has 2 N–H and O–H groups in total. The molecule has 1 fully saturated rings. The van der Waals surface area contributed by atoms with Gasteiger partial charge in [0.05, 0.1) is 11.7 Å². The molecule has 4 rings (SSSR count). The second-order valence-electron chi connectivity index (χ2n) is 5.60. The molecule has 3 heterocycles. The van der Waals surface area contributed by atoms with Gasteiger partial charge in [-0.05, 0) is 37.6 Å². The first-order chi connectivity index (χ1) is 11.3. The van der Waals surface area contributed by atoms with Crippen LogP contribution in [0.1, 0.15) is 19.3 Å². The van der Waals surface area contributed by atoms with Gasteiger partial charge in [0.1, 0.15) is 0 Å². The lowest BCUT2D eigenvalue weighted by Gasteiger charge is -2.21. The fourth-order valence-corrected chi connectivity index (χ4v) is 3.51. The summed E-state index contributed by atoms with van der Waals surface area (Å²) in [5.41, 5.74) is 1.77. The molecule has 0 aliphatic carbocycles. The molecule has 0 spiro atoms. The van der Waals surface area contributed by atoms with Crippen molar-refractivity contribution in [1.82, 2.24) is 10.3 Å². The number of nitrogens with zero attached hydrogens (tertiary/aromatic N) is 1. The molecule has 1 unspecified atom stereocenters. The Labute approximate surface area is 137 Å². The summed E-state index contributed by atoms with van der Waals surface area (Å²) in [6, 6.07) is 5.62. The number of thiazole rings is 1. The molecular weight excluding hydrogens is 314 g/mol. The van der Waals surface area contributed by atoms with Crippen molar-refractivity contribution in [2.24, 2.45) is 0 Å². The number of rotatable bonds is 3. The minimum absolute atomic E-state index is 0.00344. The summed E-state index contributed by atoms with van der Waals surface area (Å²) < 4.78 is 10.7. The molecule has 6 nitrogen and oxygen atoms in total. The van der Waals surface area contributed by atoms with Crippen LogP contribution >= 0.6 is 11.3 Å². The minimum Gasteiger partial charge on any atom is -0.454 e. The SMILES string of the molecule is O=C(Nc1nc(-c2ccc3c(c2)OCO3)cs1)C1CCCCN1. The van der Waals surface area contributed by atoms with Crippen molar-refractivity contribution in [3.63, 3.8) is 0 Å². The van der Waals surface area contributed by atoms with Crippen LogP contribution in [0.25, 0.3) is 11.3 Å². The standard InChI is InChI=1S/C16H17N3O3S/c20-15(11-3-1-2-6-17-11)19-16-18-12(8-23-16)10-4-5-13-14(7-10)22-9-21-13/h4-5,7-8,11,17H,1-3,6,9H2,(H,18,19,20). The normalized spacial score (nSPS) is 19.6. The van der Waals surface area contributed by atoms with E-state index < -0.39 is 0 Å². The van der Waals surface area contributed by atoms with Gasteiger partial charge in [-0.1, -0.05) is 6.42 Å². The first-order valence-corrected chi connectivity index (χ1v) is 8.57. The van der Waals surface area contributed by atoms with Crippen LogP contribution in [0.4, 0.5) is 5.13 Å². The van der Waals surface area contributed by atoms with Crippen molar-refractivity contribution < 1.29 is 14.3 Å². The van der Waals surface area contributed by atoms with Gasteiger partial charge in [0.15, 0.2) is 16.6 Å². The molecule has 1 atom stereocenters. The Bertz CT molecular complexity index is 725. The average molecular weight is 331 g/mol. The zero-order chi connectivity index (χ0) is 15.6. The third kappa shape index (κ3) is 3.02. The second kappa shape index (κ2) is 6.17. The Morgan fingerprint density at radius 3 is 3.09 bits per heavy atom. The van der Waals surface area contributed by atoms with E-state index >= 15 is 0 Å². The van der Waals surface area contributed by atoms with E-state index in [1.807, 2.05) is 23.6 Å². The molecule has 1 aromatic carbocycles. The molecule has 23 heavy (non-hydrogen) atoms. The highest BCUT2D eigenvalue weighted by Gasteiger charge is 2.21. The maximum Gasteiger partial charge on any atom is 0.243 e. The lowest BCUT2D eigenvalue weighted by Crippen LogP contribution is -2.43. The van der Waals surface area contributed by atoms with Crippen LogP contribution in [0.15, 0.2) is 23.6 Å². The number of hydrogen-bond donors (Lipinski definition) is 2. The first-order valence-electron chi connectivity index (χ1n) is 7.69. The lowest BCUT2D eigenvalue weighted by molar-refractivity contribution is -0.118. The minimum atomic E-state index is -0.110. The van der Waals surface area contributed by atoms with E-state index in [9.17, 15) is 4.79 Å². The maximum absolute atomic E-state index is 12.2. The molecule has 1 amide bonds. The van der Waals surface area contributed by atoms with Gasteiger partial charge in [-0.15, -0.1) is 11.3 Å². The molecule has 1 saturated heterocycles. The van der Waals surface area contributed by atoms with Gasteiger partial charge < -0.3 is 20.1 Å². The number of hydrogen-bond acceptors (Lipinski definition) is 6. The summed E-state index contributed by atoms with van der Waals surface area (Å²) >= 11 is 1.43. The zero-order valence-electron chi connectivity index (χ0n) is 12.5. The van der Waals surface area contributed by atoms with E-state index in [1.165, 1.54) is 11.3 Å². The number of fused-ring (bicyclic) bond motifs is 1. The van der Waals surface area contributed by atoms with Gasteiger partial charge in [-0.25, -0.2) is 4.98 Å². The number of anilines is 1. The summed E-state index contributed by atoms with van der Waals surface area (Å²) in [6.07, 6.45) is 3.10. The number of aromatic nitrogens is 1. The molecule has 2 aliphatic rings. The Hall–Kier alpha value is -2.12. The molecule has 2 aromatic rings. The summed E-state index contributed by atoms with van der Waals surface area (Å²) in [5, 5.41) is 8.70. The van der Waals surface area contributed by atoms with Crippen LogP contribution < -0.4 is 20.1 Å². The van der Waals surface area contributed by atoms with Crippen LogP contribution in [0, 0.1) is 0 Å². The highest BCUT2D eigenvalue weighted by atomic mass is 32.1. The van der Waals surface area contributed by atoms with Gasteiger partial charge in [0.25, 0.3) is 0 Å². The summed E-state index contributed by atoms with van der Waals surface area (Å²) in [4.78, 5) is 16.7. The number of piperidine rings is 1. The van der Waals surface area contributed by atoms with Crippen molar-refractivity contribution in [1.29, 1.82) is 0 Å². The Morgan fingerprint density at radius 1 is 1.30 bits per heavy atom. The van der Waals surface area contributed by atoms with Crippen LogP contribution in [0.5, 0.6) is 11.5 Å². The highest BCUT2D eigenvalue weighted by Crippen LogP contribution is 2.36. The zero-order valence-corrected chi connectivity index (χ0v) is 13.3. The highest BCUT2D eigenvalue weighted by molar-refractivity contribution is 7.14. The lowest BCUT2D eigenvalue weighted by atomic mass is 10.0. The monoisotopic (exact) mass is 331 g/mol.